The van der Waals surface area contributed by atoms with Gasteiger partial charge in [0.15, 0.2) is 5.96 Å². The molecule has 0 saturated heterocycles. The number of para-hydroxylation sites is 1. The van der Waals surface area contributed by atoms with Crippen LogP contribution in [-0.2, 0) is 4.74 Å². The van der Waals surface area contributed by atoms with E-state index < -0.39 is 0 Å². The minimum absolute atomic E-state index is 0. The molecule has 1 aromatic carbocycles. The van der Waals surface area contributed by atoms with Crippen LogP contribution in [0.5, 0.6) is 5.75 Å². The maximum Gasteiger partial charge on any atom is 0.191 e. The highest BCUT2D eigenvalue weighted by Crippen LogP contribution is 2.39. The van der Waals surface area contributed by atoms with Gasteiger partial charge in [-0.2, -0.15) is 0 Å². The van der Waals surface area contributed by atoms with Crippen molar-refractivity contribution >= 4 is 29.9 Å². The Labute approximate surface area is 169 Å². The first-order chi connectivity index (χ1) is 11.6. The van der Waals surface area contributed by atoms with Crippen molar-refractivity contribution in [1.29, 1.82) is 0 Å². The third-order valence-electron chi connectivity index (χ3n) is 3.95. The number of fused-ring (bicyclic) bond motifs is 1. The van der Waals surface area contributed by atoms with Crippen molar-refractivity contribution in [2.24, 2.45) is 4.99 Å². The molecule has 1 aromatic rings. The van der Waals surface area contributed by atoms with Crippen LogP contribution in [0.3, 0.4) is 0 Å². The first kappa shape index (κ1) is 22.0. The standard InChI is InChI=1S/C19H31N3O2.HI/c1-5-20-18(21-12-9-13-23-6-2)22-16-14-19(3,4)24-17-11-8-7-10-15(16)17;/h7-8,10-11,16H,5-6,9,12-14H2,1-4H3,(H2,20,21,22);1H. The van der Waals surface area contributed by atoms with Crippen LogP contribution in [0, 0.1) is 0 Å². The summed E-state index contributed by atoms with van der Waals surface area (Å²) < 4.78 is 11.5. The molecule has 1 heterocycles. The van der Waals surface area contributed by atoms with Crippen LogP contribution in [0.15, 0.2) is 29.3 Å². The molecule has 6 heteroatoms. The molecule has 5 nitrogen and oxygen atoms in total. The summed E-state index contributed by atoms with van der Waals surface area (Å²) in [4.78, 5) is 4.67. The molecule has 0 spiro atoms. The van der Waals surface area contributed by atoms with Crippen molar-refractivity contribution < 1.29 is 9.47 Å². The van der Waals surface area contributed by atoms with Gasteiger partial charge in [-0.3, -0.25) is 4.99 Å². The molecule has 0 fully saturated rings. The quantitative estimate of drug-likeness (QED) is 0.280. The second kappa shape index (κ2) is 10.9. The zero-order valence-electron chi connectivity index (χ0n) is 15.8. The van der Waals surface area contributed by atoms with Crippen molar-refractivity contribution in [2.45, 2.75) is 52.2 Å². The highest BCUT2D eigenvalue weighted by molar-refractivity contribution is 14.0. The lowest BCUT2D eigenvalue weighted by molar-refractivity contribution is 0.0694. The number of aliphatic imine (C=N–C) groups is 1. The van der Waals surface area contributed by atoms with E-state index in [2.05, 4.69) is 48.5 Å². The smallest absolute Gasteiger partial charge is 0.191 e. The Morgan fingerprint density at radius 3 is 2.80 bits per heavy atom. The van der Waals surface area contributed by atoms with Crippen molar-refractivity contribution in [3.8, 4) is 5.75 Å². The average Bonchev–Trinajstić information content (AvgIpc) is 2.53. The van der Waals surface area contributed by atoms with Crippen molar-refractivity contribution in [2.75, 3.05) is 26.3 Å². The van der Waals surface area contributed by atoms with Crippen LogP contribution in [0.25, 0.3) is 0 Å². The summed E-state index contributed by atoms with van der Waals surface area (Å²) in [5, 5.41) is 6.91. The summed E-state index contributed by atoms with van der Waals surface area (Å²) in [6.07, 6.45) is 1.83. The van der Waals surface area contributed by atoms with Crippen LogP contribution >= 0.6 is 24.0 Å². The monoisotopic (exact) mass is 461 g/mol. The van der Waals surface area contributed by atoms with E-state index in [4.69, 9.17) is 9.47 Å². The first-order valence-corrected chi connectivity index (χ1v) is 8.96. The lowest BCUT2D eigenvalue weighted by Crippen LogP contribution is -2.45. The summed E-state index contributed by atoms with van der Waals surface area (Å²) in [6.45, 7) is 11.5. The Morgan fingerprint density at radius 2 is 2.08 bits per heavy atom. The molecule has 0 radical (unpaired) electrons. The molecule has 2 rings (SSSR count). The van der Waals surface area contributed by atoms with E-state index in [1.54, 1.807) is 0 Å². The molecule has 0 amide bonds. The largest absolute Gasteiger partial charge is 0.487 e. The summed E-state index contributed by atoms with van der Waals surface area (Å²) >= 11 is 0. The van der Waals surface area contributed by atoms with Gasteiger partial charge in [-0.15, -0.1) is 24.0 Å². The SMILES string of the molecule is CCNC(=NCCCOCC)NC1CC(C)(C)Oc2ccccc21.I. The van der Waals surface area contributed by atoms with E-state index in [9.17, 15) is 0 Å². The van der Waals surface area contributed by atoms with Crippen LogP contribution in [-0.4, -0.2) is 37.9 Å². The Balaban J connectivity index is 0.00000312. The van der Waals surface area contributed by atoms with Gasteiger partial charge in [0.1, 0.15) is 11.4 Å². The number of nitrogens with zero attached hydrogens (tertiary/aromatic N) is 1. The number of halogens is 1. The number of hydrogen-bond donors (Lipinski definition) is 2. The number of nitrogens with one attached hydrogen (secondary N) is 2. The van der Waals surface area contributed by atoms with Gasteiger partial charge in [0.05, 0.1) is 6.04 Å². The third-order valence-corrected chi connectivity index (χ3v) is 3.95. The van der Waals surface area contributed by atoms with Gasteiger partial charge in [0.2, 0.25) is 0 Å². The molecule has 1 aliphatic heterocycles. The number of guanidine groups is 1. The number of hydrogen-bond acceptors (Lipinski definition) is 3. The fourth-order valence-electron chi connectivity index (χ4n) is 2.92. The summed E-state index contributed by atoms with van der Waals surface area (Å²) in [5.41, 5.74) is 0.995. The highest BCUT2D eigenvalue weighted by Gasteiger charge is 2.33. The van der Waals surface area contributed by atoms with Crippen molar-refractivity contribution in [1.82, 2.24) is 10.6 Å². The zero-order valence-corrected chi connectivity index (χ0v) is 18.1. The average molecular weight is 461 g/mol. The summed E-state index contributed by atoms with van der Waals surface area (Å²) in [5.74, 6) is 1.81. The van der Waals surface area contributed by atoms with E-state index in [1.807, 2.05) is 19.1 Å². The molecule has 2 N–H and O–H groups in total. The molecule has 1 aliphatic rings. The van der Waals surface area contributed by atoms with Crippen LogP contribution < -0.4 is 15.4 Å². The Morgan fingerprint density at radius 1 is 1.32 bits per heavy atom. The van der Waals surface area contributed by atoms with Gasteiger partial charge < -0.3 is 20.1 Å². The predicted octanol–water partition coefficient (Wildman–Crippen LogP) is 3.89. The fourth-order valence-corrected chi connectivity index (χ4v) is 2.92. The molecule has 0 saturated carbocycles. The maximum atomic E-state index is 6.10. The molecule has 25 heavy (non-hydrogen) atoms. The Kier molecular flexibility index (Phi) is 9.56. The van der Waals surface area contributed by atoms with Crippen LogP contribution in [0.2, 0.25) is 0 Å². The van der Waals surface area contributed by atoms with E-state index in [0.717, 1.165) is 50.9 Å². The van der Waals surface area contributed by atoms with Gasteiger partial charge in [-0.05, 0) is 40.2 Å². The molecular formula is C19H32IN3O2. The van der Waals surface area contributed by atoms with Gasteiger partial charge in [0, 0.05) is 38.3 Å². The minimum atomic E-state index is -0.196. The Hall–Kier alpha value is -1.02. The number of rotatable bonds is 7. The second-order valence-corrected chi connectivity index (χ2v) is 6.61. The molecule has 1 atom stereocenters. The van der Waals surface area contributed by atoms with E-state index in [-0.39, 0.29) is 35.6 Å². The first-order valence-electron chi connectivity index (χ1n) is 8.96. The normalized spacial score (nSPS) is 18.6. The van der Waals surface area contributed by atoms with Crippen LogP contribution in [0.4, 0.5) is 0 Å². The topological polar surface area (TPSA) is 54.9 Å². The summed E-state index contributed by atoms with van der Waals surface area (Å²) in [6, 6.07) is 8.43. The predicted molar refractivity (Wildman–Crippen MR) is 114 cm³/mol. The molecule has 0 aromatic heterocycles. The van der Waals surface area contributed by atoms with E-state index in [0.29, 0.717) is 0 Å². The maximum absolute atomic E-state index is 6.10. The Bertz CT molecular complexity index is 549. The third kappa shape index (κ3) is 7.01. The second-order valence-electron chi connectivity index (χ2n) is 6.61. The molecular weight excluding hydrogens is 429 g/mol. The number of ether oxygens (including phenoxy) is 2. The van der Waals surface area contributed by atoms with Gasteiger partial charge in [-0.25, -0.2) is 0 Å². The zero-order chi connectivity index (χ0) is 17.4. The minimum Gasteiger partial charge on any atom is -0.487 e. The molecule has 1 unspecified atom stereocenters. The van der Waals surface area contributed by atoms with Gasteiger partial charge in [0.25, 0.3) is 0 Å². The van der Waals surface area contributed by atoms with Crippen molar-refractivity contribution in [3.63, 3.8) is 0 Å². The molecule has 142 valence electrons. The lowest BCUT2D eigenvalue weighted by atomic mass is 9.90. The number of benzene rings is 1. The highest BCUT2D eigenvalue weighted by atomic mass is 127. The van der Waals surface area contributed by atoms with Gasteiger partial charge in [-0.1, -0.05) is 18.2 Å². The fraction of sp³-hybridized carbons (Fsp3) is 0.632. The van der Waals surface area contributed by atoms with Crippen LogP contribution in [0.1, 0.15) is 52.1 Å². The van der Waals surface area contributed by atoms with Crippen molar-refractivity contribution in [3.05, 3.63) is 29.8 Å². The van der Waals surface area contributed by atoms with E-state index in [1.165, 1.54) is 5.56 Å². The molecule has 0 aliphatic carbocycles. The van der Waals surface area contributed by atoms with Gasteiger partial charge >= 0.3 is 0 Å². The van der Waals surface area contributed by atoms with E-state index >= 15 is 0 Å². The molecule has 0 bridgehead atoms. The lowest BCUT2D eigenvalue weighted by Gasteiger charge is -2.38. The summed E-state index contributed by atoms with van der Waals surface area (Å²) in [7, 11) is 0.